The summed E-state index contributed by atoms with van der Waals surface area (Å²) in [5.41, 5.74) is 3.35. The summed E-state index contributed by atoms with van der Waals surface area (Å²) in [7, 11) is 0. The molecule has 30 heavy (non-hydrogen) atoms. The third kappa shape index (κ3) is 4.20. The minimum atomic E-state index is -1.03. The van der Waals surface area contributed by atoms with E-state index in [4.69, 9.17) is 4.74 Å². The monoisotopic (exact) mass is 404 g/mol. The summed E-state index contributed by atoms with van der Waals surface area (Å²) in [6.45, 7) is 7.50. The Morgan fingerprint density at radius 1 is 0.800 bits per heavy atom. The van der Waals surface area contributed by atoms with E-state index in [-0.39, 0.29) is 16.7 Å². The number of carboxylic acids is 1. The van der Waals surface area contributed by atoms with Crippen LogP contribution in [0.15, 0.2) is 60.7 Å². The molecule has 0 aliphatic heterocycles. The molecule has 0 aliphatic carbocycles. The van der Waals surface area contributed by atoms with Crippen molar-refractivity contribution < 1.29 is 24.5 Å². The highest BCUT2D eigenvalue weighted by Gasteiger charge is 2.23. The van der Waals surface area contributed by atoms with Gasteiger partial charge in [0.1, 0.15) is 11.5 Å². The van der Waals surface area contributed by atoms with Gasteiger partial charge in [-0.15, -0.1) is 0 Å². The number of aryl methyl sites for hydroxylation is 2. The molecule has 2 N–H and O–H groups in total. The second-order valence-electron chi connectivity index (χ2n) is 7.87. The number of aromatic carboxylic acids is 1. The number of phenols is 1. The van der Waals surface area contributed by atoms with Gasteiger partial charge in [0.15, 0.2) is 0 Å². The van der Waals surface area contributed by atoms with Crippen molar-refractivity contribution in [2.75, 3.05) is 0 Å². The summed E-state index contributed by atoms with van der Waals surface area (Å²) in [6, 6.07) is 17.4. The number of benzene rings is 3. The quantitative estimate of drug-likeness (QED) is 0.448. The second-order valence-corrected chi connectivity index (χ2v) is 7.87. The summed E-state index contributed by atoms with van der Waals surface area (Å²) in [4.78, 5) is 23.9. The maximum atomic E-state index is 12.6. The van der Waals surface area contributed by atoms with E-state index < -0.39 is 11.9 Å². The molecule has 0 fully saturated rings. The van der Waals surface area contributed by atoms with Crippen molar-refractivity contribution >= 4 is 11.9 Å². The molecule has 154 valence electrons. The van der Waals surface area contributed by atoms with Crippen molar-refractivity contribution in [1.29, 1.82) is 0 Å². The van der Waals surface area contributed by atoms with Gasteiger partial charge in [-0.05, 0) is 72.5 Å². The Balaban J connectivity index is 1.80. The van der Waals surface area contributed by atoms with Crippen molar-refractivity contribution in [1.82, 2.24) is 0 Å². The Hall–Kier alpha value is -3.60. The minimum absolute atomic E-state index is 0.171. The smallest absolute Gasteiger partial charge is 0.343 e. The van der Waals surface area contributed by atoms with Crippen LogP contribution >= 0.6 is 0 Å². The number of ether oxygens (including phenoxy) is 1. The lowest BCUT2D eigenvalue weighted by atomic mass is 9.78. The van der Waals surface area contributed by atoms with Crippen LogP contribution in [0.3, 0.4) is 0 Å². The first-order valence-corrected chi connectivity index (χ1v) is 9.56. The molecule has 5 heteroatoms. The van der Waals surface area contributed by atoms with Gasteiger partial charge in [-0.1, -0.05) is 38.1 Å². The molecule has 0 spiro atoms. The number of phenolic OH excluding ortho intramolecular Hbond substituents is 1. The van der Waals surface area contributed by atoms with E-state index in [9.17, 15) is 19.8 Å². The van der Waals surface area contributed by atoms with Crippen molar-refractivity contribution in [2.45, 2.75) is 33.1 Å². The zero-order valence-corrected chi connectivity index (χ0v) is 17.4. The van der Waals surface area contributed by atoms with Gasteiger partial charge in [-0.25, -0.2) is 9.59 Å². The first-order valence-electron chi connectivity index (χ1n) is 9.56. The van der Waals surface area contributed by atoms with E-state index in [0.29, 0.717) is 22.4 Å². The number of esters is 1. The van der Waals surface area contributed by atoms with Crippen LogP contribution in [0.5, 0.6) is 11.5 Å². The highest BCUT2D eigenvalue weighted by atomic mass is 16.5. The topological polar surface area (TPSA) is 83.8 Å². The SMILES string of the molecule is Cc1cc(C(=O)Oc2ccc(C(C)(C)c3ccc(O)cc3)cc2)c(C)cc1C(=O)O. The van der Waals surface area contributed by atoms with Gasteiger partial charge in [-0.2, -0.15) is 0 Å². The fraction of sp³-hybridized carbons (Fsp3) is 0.200. The molecule has 0 aromatic heterocycles. The fourth-order valence-electron chi connectivity index (χ4n) is 3.41. The molecule has 0 bridgehead atoms. The molecule has 0 radical (unpaired) electrons. The van der Waals surface area contributed by atoms with Crippen LogP contribution < -0.4 is 4.74 Å². The maximum Gasteiger partial charge on any atom is 0.343 e. The Labute approximate surface area is 175 Å². The average Bonchev–Trinajstić information content (AvgIpc) is 2.70. The van der Waals surface area contributed by atoms with Gasteiger partial charge in [0, 0.05) is 5.41 Å². The van der Waals surface area contributed by atoms with E-state index in [1.54, 1.807) is 44.2 Å². The minimum Gasteiger partial charge on any atom is -0.508 e. The van der Waals surface area contributed by atoms with Gasteiger partial charge in [0.2, 0.25) is 0 Å². The lowest BCUT2D eigenvalue weighted by molar-refractivity contribution is 0.0690. The molecule has 0 saturated heterocycles. The highest BCUT2D eigenvalue weighted by Crippen LogP contribution is 2.33. The lowest BCUT2D eigenvalue weighted by Crippen LogP contribution is -2.18. The van der Waals surface area contributed by atoms with Crippen LogP contribution in [0, 0.1) is 13.8 Å². The summed E-state index contributed by atoms with van der Waals surface area (Å²) < 4.78 is 5.51. The normalized spacial score (nSPS) is 11.2. The number of carbonyl (C=O) groups excluding carboxylic acids is 1. The molecule has 3 rings (SSSR count). The lowest BCUT2D eigenvalue weighted by Gasteiger charge is -2.26. The molecule has 0 unspecified atom stereocenters. The van der Waals surface area contributed by atoms with Gasteiger partial charge in [0.25, 0.3) is 0 Å². The Bertz CT molecular complexity index is 1090. The van der Waals surface area contributed by atoms with Crippen LogP contribution in [0.25, 0.3) is 0 Å². The van der Waals surface area contributed by atoms with Crippen molar-refractivity contribution in [3.8, 4) is 11.5 Å². The zero-order chi connectivity index (χ0) is 22.1. The van der Waals surface area contributed by atoms with Gasteiger partial charge in [0.05, 0.1) is 11.1 Å². The van der Waals surface area contributed by atoms with Gasteiger partial charge < -0.3 is 14.9 Å². The molecule has 0 heterocycles. The fourth-order valence-corrected chi connectivity index (χ4v) is 3.41. The number of hydrogen-bond acceptors (Lipinski definition) is 4. The summed E-state index contributed by atoms with van der Waals surface area (Å²) in [5, 5.41) is 18.7. The first kappa shape index (κ1) is 21.1. The van der Waals surface area contributed by atoms with Crippen LogP contribution in [0.1, 0.15) is 56.8 Å². The third-order valence-corrected chi connectivity index (χ3v) is 5.40. The molecule has 5 nitrogen and oxygen atoms in total. The van der Waals surface area contributed by atoms with Crippen molar-refractivity contribution in [3.63, 3.8) is 0 Å². The van der Waals surface area contributed by atoms with Crippen LogP contribution in [0.4, 0.5) is 0 Å². The number of carbonyl (C=O) groups is 2. The van der Waals surface area contributed by atoms with E-state index in [2.05, 4.69) is 13.8 Å². The van der Waals surface area contributed by atoms with Gasteiger partial charge >= 0.3 is 11.9 Å². The van der Waals surface area contributed by atoms with Crippen molar-refractivity contribution in [3.05, 3.63) is 94.0 Å². The van der Waals surface area contributed by atoms with Gasteiger partial charge in [-0.3, -0.25) is 0 Å². The highest BCUT2D eigenvalue weighted by molar-refractivity contribution is 5.96. The average molecular weight is 404 g/mol. The van der Waals surface area contributed by atoms with E-state index in [0.717, 1.165) is 11.1 Å². The predicted molar refractivity (Wildman–Crippen MR) is 115 cm³/mol. The molecular weight excluding hydrogens is 380 g/mol. The number of aromatic hydroxyl groups is 1. The standard InChI is InChI=1S/C25H24O5/c1-15-14-22(16(2)13-21(15)23(27)28)24(29)30-20-11-7-18(8-12-20)25(3,4)17-5-9-19(26)10-6-17/h5-14,26H,1-4H3,(H,27,28). The molecular formula is C25H24O5. The maximum absolute atomic E-state index is 12.6. The van der Waals surface area contributed by atoms with Crippen LogP contribution in [-0.4, -0.2) is 22.2 Å². The van der Waals surface area contributed by atoms with Crippen LogP contribution in [-0.2, 0) is 5.41 Å². The molecule has 0 saturated carbocycles. The molecule has 3 aromatic rings. The third-order valence-electron chi connectivity index (χ3n) is 5.40. The predicted octanol–water partition coefficient (Wildman–Crippen LogP) is 5.25. The van der Waals surface area contributed by atoms with E-state index in [1.807, 2.05) is 24.3 Å². The Kier molecular flexibility index (Phi) is 5.65. The summed E-state index contributed by atoms with van der Waals surface area (Å²) >= 11 is 0. The Morgan fingerprint density at radius 3 is 1.80 bits per heavy atom. The molecule has 0 atom stereocenters. The largest absolute Gasteiger partial charge is 0.508 e. The van der Waals surface area contributed by atoms with E-state index in [1.165, 1.54) is 6.07 Å². The van der Waals surface area contributed by atoms with E-state index >= 15 is 0 Å². The Morgan fingerprint density at radius 2 is 1.27 bits per heavy atom. The molecule has 0 aliphatic rings. The number of rotatable bonds is 5. The number of carboxylic acid groups (broad SMARTS) is 1. The molecule has 3 aromatic carbocycles. The second kappa shape index (κ2) is 8.03. The molecule has 0 amide bonds. The zero-order valence-electron chi connectivity index (χ0n) is 17.4. The van der Waals surface area contributed by atoms with Crippen molar-refractivity contribution in [2.24, 2.45) is 0 Å². The summed E-state index contributed by atoms with van der Waals surface area (Å²) in [5.74, 6) is -0.927. The summed E-state index contributed by atoms with van der Waals surface area (Å²) in [6.07, 6.45) is 0. The van der Waals surface area contributed by atoms with Crippen LogP contribution in [0.2, 0.25) is 0 Å². The number of hydrogen-bond donors (Lipinski definition) is 2. The first-order chi connectivity index (χ1) is 14.1.